The number of rotatable bonds is 4. The first-order valence-corrected chi connectivity index (χ1v) is 7.74. The molecule has 6 heteroatoms. The van der Waals surface area contributed by atoms with Gasteiger partial charge in [0.2, 0.25) is 5.95 Å². The summed E-state index contributed by atoms with van der Waals surface area (Å²) in [4.78, 5) is 15.9. The van der Waals surface area contributed by atoms with Crippen LogP contribution in [0, 0.1) is 0 Å². The van der Waals surface area contributed by atoms with E-state index >= 15 is 0 Å². The Kier molecular flexibility index (Phi) is 4.37. The largest absolute Gasteiger partial charge is 0.337 e. The highest BCUT2D eigenvalue weighted by Crippen LogP contribution is 2.38. The van der Waals surface area contributed by atoms with Crippen molar-refractivity contribution in [2.24, 2.45) is 0 Å². The molecule has 0 radical (unpaired) electrons. The molecule has 3 N–H and O–H groups in total. The molecule has 116 valence electrons. The average molecular weight is 299 g/mol. The predicted octanol–water partition coefficient (Wildman–Crippen LogP) is 2.83. The standard InChI is InChI=1S/C16H21N5O/c22-15(20-14-18-12-19-21-14)17-11-16(9-5-2-6-10-16)13-7-3-1-4-8-13/h1,3-4,7-8,12H,2,5-6,9-11H2,(H3,17,18,19,20,21,22). The zero-order chi connectivity index (χ0) is 15.3. The van der Waals surface area contributed by atoms with Crippen LogP contribution in [0.25, 0.3) is 0 Å². The van der Waals surface area contributed by atoms with Crippen LogP contribution in [0.2, 0.25) is 0 Å². The number of anilines is 1. The lowest BCUT2D eigenvalue weighted by molar-refractivity contribution is 0.240. The van der Waals surface area contributed by atoms with E-state index in [1.54, 1.807) is 0 Å². The van der Waals surface area contributed by atoms with Crippen molar-refractivity contribution < 1.29 is 4.79 Å². The van der Waals surface area contributed by atoms with Crippen LogP contribution in [0.3, 0.4) is 0 Å². The Labute approximate surface area is 129 Å². The van der Waals surface area contributed by atoms with Gasteiger partial charge < -0.3 is 5.32 Å². The van der Waals surface area contributed by atoms with E-state index in [1.165, 1.54) is 31.2 Å². The molecule has 0 aliphatic heterocycles. The number of hydrogen-bond acceptors (Lipinski definition) is 3. The summed E-state index contributed by atoms with van der Waals surface area (Å²) in [6.45, 7) is 0.636. The van der Waals surface area contributed by atoms with E-state index in [4.69, 9.17) is 0 Å². The summed E-state index contributed by atoms with van der Waals surface area (Å²) in [5.41, 5.74) is 1.35. The van der Waals surface area contributed by atoms with Crippen LogP contribution in [0.4, 0.5) is 10.7 Å². The van der Waals surface area contributed by atoms with Crippen molar-refractivity contribution in [1.82, 2.24) is 20.5 Å². The van der Waals surface area contributed by atoms with Crippen LogP contribution in [0.5, 0.6) is 0 Å². The summed E-state index contributed by atoms with van der Waals surface area (Å²) in [6.07, 6.45) is 7.28. The van der Waals surface area contributed by atoms with Crippen molar-refractivity contribution in [2.45, 2.75) is 37.5 Å². The van der Waals surface area contributed by atoms with Gasteiger partial charge in [-0.1, -0.05) is 49.6 Å². The van der Waals surface area contributed by atoms with E-state index in [0.29, 0.717) is 12.5 Å². The monoisotopic (exact) mass is 299 g/mol. The molecule has 2 amide bonds. The molecule has 1 heterocycles. The molecule has 1 fully saturated rings. The maximum absolute atomic E-state index is 12.0. The molecule has 6 nitrogen and oxygen atoms in total. The molecule has 1 aliphatic rings. The number of aromatic amines is 1. The van der Waals surface area contributed by atoms with E-state index in [0.717, 1.165) is 12.8 Å². The third-order valence-electron chi connectivity index (χ3n) is 4.43. The molecule has 22 heavy (non-hydrogen) atoms. The van der Waals surface area contributed by atoms with E-state index < -0.39 is 0 Å². The first-order valence-electron chi connectivity index (χ1n) is 7.74. The van der Waals surface area contributed by atoms with E-state index in [9.17, 15) is 4.79 Å². The average Bonchev–Trinajstić information content (AvgIpc) is 3.08. The molecular formula is C16H21N5O. The van der Waals surface area contributed by atoms with Gasteiger partial charge in [0.1, 0.15) is 6.33 Å². The second-order valence-corrected chi connectivity index (χ2v) is 5.85. The van der Waals surface area contributed by atoms with Gasteiger partial charge in [-0.05, 0) is 18.4 Å². The SMILES string of the molecule is O=C(NCC1(c2ccccc2)CCCCC1)Nc1ncn[nH]1. The maximum Gasteiger partial charge on any atom is 0.321 e. The molecule has 0 saturated heterocycles. The molecule has 0 spiro atoms. The zero-order valence-corrected chi connectivity index (χ0v) is 12.5. The molecule has 0 unspecified atom stereocenters. The second kappa shape index (κ2) is 6.60. The first-order chi connectivity index (χ1) is 10.8. The number of hydrogen-bond donors (Lipinski definition) is 3. The fourth-order valence-electron chi connectivity index (χ4n) is 3.25. The van der Waals surface area contributed by atoms with Crippen molar-refractivity contribution >= 4 is 12.0 Å². The number of nitrogens with one attached hydrogen (secondary N) is 3. The van der Waals surface area contributed by atoms with Crippen LogP contribution < -0.4 is 10.6 Å². The molecule has 0 bridgehead atoms. The van der Waals surface area contributed by atoms with Gasteiger partial charge in [-0.15, -0.1) is 0 Å². The summed E-state index contributed by atoms with van der Waals surface area (Å²) in [7, 11) is 0. The van der Waals surface area contributed by atoms with Gasteiger partial charge in [0.25, 0.3) is 0 Å². The molecule has 1 aromatic carbocycles. The first kappa shape index (κ1) is 14.6. The number of benzene rings is 1. The van der Waals surface area contributed by atoms with Crippen molar-refractivity contribution in [2.75, 3.05) is 11.9 Å². The minimum absolute atomic E-state index is 0.0399. The summed E-state index contributed by atoms with van der Waals surface area (Å²) in [5, 5.41) is 12.0. The Bertz CT molecular complexity index is 590. The fraction of sp³-hybridized carbons (Fsp3) is 0.438. The number of amides is 2. The number of nitrogens with zero attached hydrogens (tertiary/aromatic N) is 2. The molecule has 2 aromatic rings. The van der Waals surface area contributed by atoms with Gasteiger partial charge in [0.15, 0.2) is 0 Å². The Morgan fingerprint density at radius 2 is 1.95 bits per heavy atom. The maximum atomic E-state index is 12.0. The van der Waals surface area contributed by atoms with Crippen molar-refractivity contribution in [3.05, 3.63) is 42.2 Å². The summed E-state index contributed by atoms with van der Waals surface area (Å²) < 4.78 is 0. The van der Waals surface area contributed by atoms with E-state index in [1.807, 2.05) is 6.07 Å². The number of urea groups is 1. The van der Waals surface area contributed by atoms with Gasteiger partial charge in [-0.2, -0.15) is 10.1 Å². The molecule has 1 aromatic heterocycles. The van der Waals surface area contributed by atoms with Gasteiger partial charge in [0.05, 0.1) is 0 Å². The van der Waals surface area contributed by atoms with Crippen LogP contribution in [-0.4, -0.2) is 27.8 Å². The normalized spacial score (nSPS) is 16.9. The van der Waals surface area contributed by atoms with E-state index in [-0.39, 0.29) is 11.4 Å². The summed E-state index contributed by atoms with van der Waals surface area (Å²) in [6, 6.07) is 10.3. The highest BCUT2D eigenvalue weighted by molar-refractivity contribution is 5.87. The zero-order valence-electron chi connectivity index (χ0n) is 12.5. The highest BCUT2D eigenvalue weighted by atomic mass is 16.2. The molecule has 1 saturated carbocycles. The number of H-pyrrole nitrogens is 1. The van der Waals surface area contributed by atoms with Gasteiger partial charge in [-0.25, -0.2) is 9.89 Å². The third-order valence-corrected chi connectivity index (χ3v) is 4.43. The second-order valence-electron chi connectivity index (χ2n) is 5.85. The lowest BCUT2D eigenvalue weighted by Gasteiger charge is -2.38. The molecule has 0 atom stereocenters. The third kappa shape index (κ3) is 3.27. The Morgan fingerprint density at radius 1 is 1.18 bits per heavy atom. The van der Waals surface area contributed by atoms with Gasteiger partial charge in [-0.3, -0.25) is 5.32 Å². The topological polar surface area (TPSA) is 82.7 Å². The number of carbonyl (C=O) groups excluding carboxylic acids is 1. The fourth-order valence-corrected chi connectivity index (χ4v) is 3.25. The van der Waals surface area contributed by atoms with Crippen molar-refractivity contribution in [3.63, 3.8) is 0 Å². The van der Waals surface area contributed by atoms with Crippen molar-refractivity contribution in [1.29, 1.82) is 0 Å². The quantitative estimate of drug-likeness (QED) is 0.812. The van der Waals surface area contributed by atoms with E-state index in [2.05, 4.69) is 50.1 Å². The highest BCUT2D eigenvalue weighted by Gasteiger charge is 2.34. The molecular weight excluding hydrogens is 278 g/mol. The molecule has 3 rings (SSSR count). The van der Waals surface area contributed by atoms with Crippen molar-refractivity contribution in [3.8, 4) is 0 Å². The number of aromatic nitrogens is 3. The van der Waals surface area contributed by atoms with Crippen LogP contribution >= 0.6 is 0 Å². The Morgan fingerprint density at radius 3 is 2.64 bits per heavy atom. The summed E-state index contributed by atoms with van der Waals surface area (Å²) >= 11 is 0. The minimum atomic E-state index is -0.252. The Hall–Kier alpha value is -2.37. The van der Waals surface area contributed by atoms with Gasteiger partial charge in [0, 0.05) is 12.0 Å². The lowest BCUT2D eigenvalue weighted by atomic mass is 9.69. The minimum Gasteiger partial charge on any atom is -0.337 e. The summed E-state index contributed by atoms with van der Waals surface area (Å²) in [5.74, 6) is 0.356. The molecule has 1 aliphatic carbocycles. The smallest absolute Gasteiger partial charge is 0.321 e. The predicted molar refractivity (Wildman–Crippen MR) is 84.6 cm³/mol. The number of carbonyl (C=O) groups is 1. The van der Waals surface area contributed by atoms with Crippen LogP contribution in [0.15, 0.2) is 36.7 Å². The van der Waals surface area contributed by atoms with Crippen LogP contribution in [-0.2, 0) is 5.41 Å². The van der Waals surface area contributed by atoms with Crippen LogP contribution in [0.1, 0.15) is 37.7 Å². The Balaban J connectivity index is 1.67. The van der Waals surface area contributed by atoms with Gasteiger partial charge >= 0.3 is 6.03 Å². The lowest BCUT2D eigenvalue weighted by Crippen LogP contribution is -2.43.